The van der Waals surface area contributed by atoms with E-state index in [1.54, 1.807) is 12.5 Å². The van der Waals surface area contributed by atoms with Gasteiger partial charge in [-0.15, -0.1) is 0 Å². The molecule has 0 aliphatic carbocycles. The lowest BCUT2D eigenvalue weighted by molar-refractivity contribution is 0.0603. The molecule has 1 saturated heterocycles. The van der Waals surface area contributed by atoms with E-state index in [1.807, 2.05) is 6.07 Å². The van der Waals surface area contributed by atoms with E-state index >= 15 is 0 Å². The van der Waals surface area contributed by atoms with E-state index in [9.17, 15) is 0 Å². The lowest BCUT2D eigenvalue weighted by Gasteiger charge is -2.25. The molecular formula is C11H18N4O. The molecule has 5 nitrogen and oxygen atoms in total. The van der Waals surface area contributed by atoms with Gasteiger partial charge in [0.15, 0.2) is 0 Å². The fourth-order valence-corrected chi connectivity index (χ4v) is 2.10. The Kier molecular flexibility index (Phi) is 4.21. The van der Waals surface area contributed by atoms with Gasteiger partial charge in [0.1, 0.15) is 6.33 Å². The van der Waals surface area contributed by atoms with Crippen LogP contribution in [0.25, 0.3) is 0 Å². The van der Waals surface area contributed by atoms with Crippen molar-refractivity contribution in [2.75, 3.05) is 13.2 Å². The zero-order valence-corrected chi connectivity index (χ0v) is 9.30. The minimum atomic E-state index is 0.117. The third kappa shape index (κ3) is 2.98. The van der Waals surface area contributed by atoms with Crippen molar-refractivity contribution < 1.29 is 4.74 Å². The average Bonchev–Trinajstić information content (AvgIpc) is 2.38. The van der Waals surface area contributed by atoms with Crippen LogP contribution in [0.4, 0.5) is 0 Å². The van der Waals surface area contributed by atoms with Gasteiger partial charge in [-0.05, 0) is 31.2 Å². The standard InChI is InChI=1S/C11H18N4O/c12-15-11(10-1-4-13-8-14-10)7-9-2-5-16-6-3-9/h1,4,8-9,11,15H,2-3,5-7,12H2. The molecule has 2 heterocycles. The molecule has 0 aromatic carbocycles. The molecule has 5 heteroatoms. The largest absolute Gasteiger partial charge is 0.381 e. The molecule has 3 N–H and O–H groups in total. The highest BCUT2D eigenvalue weighted by Gasteiger charge is 2.20. The minimum absolute atomic E-state index is 0.117. The van der Waals surface area contributed by atoms with E-state index in [-0.39, 0.29) is 6.04 Å². The van der Waals surface area contributed by atoms with E-state index in [0.717, 1.165) is 38.2 Å². The first-order chi connectivity index (χ1) is 7.90. The third-order valence-electron chi connectivity index (χ3n) is 3.07. The van der Waals surface area contributed by atoms with Crippen molar-refractivity contribution in [3.8, 4) is 0 Å². The fraction of sp³-hybridized carbons (Fsp3) is 0.636. The lowest BCUT2D eigenvalue weighted by Crippen LogP contribution is -2.31. The van der Waals surface area contributed by atoms with Gasteiger partial charge in [0.25, 0.3) is 0 Å². The van der Waals surface area contributed by atoms with Gasteiger partial charge in [-0.2, -0.15) is 0 Å². The summed E-state index contributed by atoms with van der Waals surface area (Å²) in [6.45, 7) is 1.73. The van der Waals surface area contributed by atoms with E-state index in [1.165, 1.54) is 0 Å². The second kappa shape index (κ2) is 5.89. The highest BCUT2D eigenvalue weighted by atomic mass is 16.5. The number of nitrogens with zero attached hydrogens (tertiary/aromatic N) is 2. The SMILES string of the molecule is NNC(CC1CCOCC1)c1ccncn1. The van der Waals surface area contributed by atoms with Gasteiger partial charge >= 0.3 is 0 Å². The molecule has 1 aromatic rings. The summed E-state index contributed by atoms with van der Waals surface area (Å²) >= 11 is 0. The molecule has 2 rings (SSSR count). The van der Waals surface area contributed by atoms with Crippen LogP contribution in [0.5, 0.6) is 0 Å². The van der Waals surface area contributed by atoms with Gasteiger partial charge < -0.3 is 4.74 Å². The maximum atomic E-state index is 5.58. The molecule has 0 spiro atoms. The van der Waals surface area contributed by atoms with Gasteiger partial charge in [0, 0.05) is 19.4 Å². The van der Waals surface area contributed by atoms with Gasteiger partial charge in [0.2, 0.25) is 0 Å². The molecule has 1 aliphatic rings. The monoisotopic (exact) mass is 222 g/mol. The number of nitrogens with one attached hydrogen (secondary N) is 1. The predicted octanol–water partition coefficient (Wildman–Crippen LogP) is 0.798. The number of hydrogen-bond donors (Lipinski definition) is 2. The van der Waals surface area contributed by atoms with Gasteiger partial charge in [-0.3, -0.25) is 11.3 Å². The van der Waals surface area contributed by atoms with Crippen molar-refractivity contribution in [3.05, 3.63) is 24.3 Å². The van der Waals surface area contributed by atoms with Crippen LogP contribution in [0.15, 0.2) is 18.6 Å². The summed E-state index contributed by atoms with van der Waals surface area (Å²) in [5.74, 6) is 6.25. The first-order valence-corrected chi connectivity index (χ1v) is 5.70. The summed E-state index contributed by atoms with van der Waals surface area (Å²) in [6.07, 6.45) is 6.55. The summed E-state index contributed by atoms with van der Waals surface area (Å²) in [4.78, 5) is 8.14. The van der Waals surface area contributed by atoms with Gasteiger partial charge in [-0.25, -0.2) is 9.97 Å². The van der Waals surface area contributed by atoms with Crippen LogP contribution in [0.3, 0.4) is 0 Å². The first-order valence-electron chi connectivity index (χ1n) is 5.70. The minimum Gasteiger partial charge on any atom is -0.381 e. The molecule has 0 saturated carbocycles. The smallest absolute Gasteiger partial charge is 0.115 e. The van der Waals surface area contributed by atoms with Crippen molar-refractivity contribution in [2.24, 2.45) is 11.8 Å². The summed E-state index contributed by atoms with van der Waals surface area (Å²) in [6, 6.07) is 2.02. The molecular weight excluding hydrogens is 204 g/mol. The second-order valence-corrected chi connectivity index (χ2v) is 4.14. The van der Waals surface area contributed by atoms with Gasteiger partial charge in [-0.1, -0.05) is 0 Å². The first kappa shape index (κ1) is 11.4. The Labute approximate surface area is 95.4 Å². The topological polar surface area (TPSA) is 73.1 Å². The van der Waals surface area contributed by atoms with Crippen molar-refractivity contribution in [1.29, 1.82) is 0 Å². The highest BCUT2D eigenvalue weighted by Crippen LogP contribution is 2.25. The molecule has 16 heavy (non-hydrogen) atoms. The molecule has 0 radical (unpaired) electrons. The Bertz CT molecular complexity index is 300. The van der Waals surface area contributed by atoms with Crippen molar-refractivity contribution in [3.63, 3.8) is 0 Å². The Morgan fingerprint density at radius 2 is 2.31 bits per heavy atom. The number of aromatic nitrogens is 2. The van der Waals surface area contributed by atoms with E-state index in [0.29, 0.717) is 5.92 Å². The molecule has 1 aliphatic heterocycles. The van der Waals surface area contributed by atoms with Crippen LogP contribution in [0.1, 0.15) is 31.0 Å². The van der Waals surface area contributed by atoms with E-state index < -0.39 is 0 Å². The lowest BCUT2D eigenvalue weighted by atomic mass is 9.91. The molecule has 1 fully saturated rings. The van der Waals surface area contributed by atoms with E-state index in [4.69, 9.17) is 10.6 Å². The number of ether oxygens (including phenoxy) is 1. The molecule has 0 bridgehead atoms. The quantitative estimate of drug-likeness (QED) is 0.582. The summed E-state index contributed by atoms with van der Waals surface area (Å²) < 4.78 is 5.34. The Morgan fingerprint density at radius 3 is 2.94 bits per heavy atom. The van der Waals surface area contributed by atoms with Crippen LogP contribution >= 0.6 is 0 Å². The van der Waals surface area contributed by atoms with Crippen LogP contribution in [0, 0.1) is 5.92 Å². The molecule has 1 aromatic heterocycles. The Balaban J connectivity index is 1.94. The molecule has 1 unspecified atom stereocenters. The molecule has 1 atom stereocenters. The van der Waals surface area contributed by atoms with Crippen molar-refractivity contribution in [2.45, 2.75) is 25.3 Å². The number of nitrogens with two attached hydrogens (primary N) is 1. The number of hydrazine groups is 1. The molecule has 88 valence electrons. The average molecular weight is 222 g/mol. The number of rotatable bonds is 4. The van der Waals surface area contributed by atoms with Crippen LogP contribution in [-0.4, -0.2) is 23.2 Å². The van der Waals surface area contributed by atoms with E-state index in [2.05, 4.69) is 15.4 Å². The Hall–Kier alpha value is -1.04. The van der Waals surface area contributed by atoms with Crippen LogP contribution < -0.4 is 11.3 Å². The summed E-state index contributed by atoms with van der Waals surface area (Å²) in [5, 5.41) is 0. The normalized spacial score (nSPS) is 19.6. The third-order valence-corrected chi connectivity index (χ3v) is 3.07. The number of hydrogen-bond acceptors (Lipinski definition) is 5. The predicted molar refractivity (Wildman–Crippen MR) is 60.3 cm³/mol. The summed E-state index contributed by atoms with van der Waals surface area (Å²) in [5.41, 5.74) is 3.80. The summed E-state index contributed by atoms with van der Waals surface area (Å²) in [7, 11) is 0. The maximum Gasteiger partial charge on any atom is 0.115 e. The second-order valence-electron chi connectivity index (χ2n) is 4.14. The van der Waals surface area contributed by atoms with Crippen molar-refractivity contribution in [1.82, 2.24) is 15.4 Å². The molecule has 0 amide bonds. The zero-order chi connectivity index (χ0) is 11.2. The van der Waals surface area contributed by atoms with Crippen molar-refractivity contribution >= 4 is 0 Å². The zero-order valence-electron chi connectivity index (χ0n) is 9.30. The fourth-order valence-electron chi connectivity index (χ4n) is 2.10. The highest BCUT2D eigenvalue weighted by molar-refractivity contribution is 5.04. The van der Waals surface area contributed by atoms with Crippen LogP contribution in [0.2, 0.25) is 0 Å². The Morgan fingerprint density at radius 1 is 1.50 bits per heavy atom. The van der Waals surface area contributed by atoms with Crippen LogP contribution in [-0.2, 0) is 4.74 Å². The maximum absolute atomic E-state index is 5.58. The van der Waals surface area contributed by atoms with Gasteiger partial charge in [0.05, 0.1) is 11.7 Å².